The zero-order valence-electron chi connectivity index (χ0n) is 11.5. The molecule has 0 radical (unpaired) electrons. The quantitative estimate of drug-likeness (QED) is 0.782. The molecule has 1 N–H and O–H groups in total. The van der Waals surface area contributed by atoms with Crippen LogP contribution in [-0.4, -0.2) is 26.6 Å². The van der Waals surface area contributed by atoms with Gasteiger partial charge in [0.15, 0.2) is 9.84 Å². The number of sulfone groups is 1. The Hall–Kier alpha value is -1.36. The normalized spacial score (nSPS) is 11.3. The Kier molecular flexibility index (Phi) is 6.02. The highest BCUT2D eigenvalue weighted by atomic mass is 32.2. The lowest BCUT2D eigenvalue weighted by atomic mass is 10.2. The summed E-state index contributed by atoms with van der Waals surface area (Å²) in [6.45, 7) is 4.24. The van der Waals surface area contributed by atoms with Crippen LogP contribution >= 0.6 is 0 Å². The first-order chi connectivity index (χ1) is 9.03. The van der Waals surface area contributed by atoms with Gasteiger partial charge in [-0.2, -0.15) is 0 Å². The smallest absolute Gasteiger partial charge is 0.252 e. The second kappa shape index (κ2) is 7.28. The minimum atomic E-state index is -3.37. The van der Waals surface area contributed by atoms with Crippen LogP contribution in [0.5, 0.6) is 0 Å². The van der Waals surface area contributed by atoms with Crippen molar-refractivity contribution in [2.45, 2.75) is 38.0 Å². The molecule has 0 aliphatic rings. The molecule has 0 bridgehead atoms. The summed E-state index contributed by atoms with van der Waals surface area (Å²) in [5.41, 5.74) is 0.237. The first-order valence-electron chi connectivity index (χ1n) is 6.63. The number of carbonyl (C=O) groups excluding carboxylic acids is 1. The van der Waals surface area contributed by atoms with E-state index in [4.69, 9.17) is 0 Å². The summed E-state index contributed by atoms with van der Waals surface area (Å²) >= 11 is 0. The molecule has 5 heteroatoms. The topological polar surface area (TPSA) is 63.2 Å². The van der Waals surface area contributed by atoms with Gasteiger partial charge in [-0.25, -0.2) is 8.42 Å². The molecule has 1 aromatic carbocycles. The second-order valence-corrected chi connectivity index (χ2v) is 6.61. The lowest BCUT2D eigenvalue weighted by Gasteiger charge is -2.09. The number of hydrogen-bond donors (Lipinski definition) is 1. The number of amides is 1. The van der Waals surface area contributed by atoms with Crippen molar-refractivity contribution < 1.29 is 13.2 Å². The average molecular weight is 283 g/mol. The van der Waals surface area contributed by atoms with Crippen molar-refractivity contribution in [2.75, 3.05) is 12.3 Å². The molecule has 4 nitrogen and oxygen atoms in total. The standard InChI is InChI=1S/C14H21NO3S/c1-3-5-8-11-15-14(16)12-9-6-7-10-13(12)19(17,18)4-2/h6-7,9-10H,3-5,8,11H2,1-2H3,(H,15,16). The Morgan fingerprint density at radius 3 is 2.47 bits per heavy atom. The minimum absolute atomic E-state index is 0.00682. The van der Waals surface area contributed by atoms with E-state index in [1.807, 2.05) is 0 Å². The molecular formula is C14H21NO3S. The van der Waals surface area contributed by atoms with Gasteiger partial charge in [0.05, 0.1) is 16.2 Å². The Morgan fingerprint density at radius 2 is 1.84 bits per heavy atom. The average Bonchev–Trinajstić information content (AvgIpc) is 2.43. The third-order valence-electron chi connectivity index (χ3n) is 2.91. The largest absolute Gasteiger partial charge is 0.352 e. The van der Waals surface area contributed by atoms with Crippen molar-refractivity contribution in [3.05, 3.63) is 29.8 Å². The van der Waals surface area contributed by atoms with Crippen LogP contribution in [-0.2, 0) is 9.84 Å². The summed E-state index contributed by atoms with van der Waals surface area (Å²) in [7, 11) is -3.37. The van der Waals surface area contributed by atoms with Crippen LogP contribution in [0.15, 0.2) is 29.2 Å². The van der Waals surface area contributed by atoms with E-state index in [1.165, 1.54) is 6.07 Å². The Labute approximate surface area is 115 Å². The molecule has 0 aromatic heterocycles. The van der Waals surface area contributed by atoms with Gasteiger partial charge in [0.1, 0.15) is 0 Å². The number of hydrogen-bond acceptors (Lipinski definition) is 3. The fraction of sp³-hybridized carbons (Fsp3) is 0.500. The SMILES string of the molecule is CCCCCNC(=O)c1ccccc1S(=O)(=O)CC. The van der Waals surface area contributed by atoms with Crippen LogP contribution in [0.1, 0.15) is 43.5 Å². The predicted molar refractivity (Wildman–Crippen MR) is 76.0 cm³/mol. The molecule has 0 aliphatic carbocycles. The van der Waals surface area contributed by atoms with Gasteiger partial charge in [0.25, 0.3) is 5.91 Å². The van der Waals surface area contributed by atoms with E-state index in [0.717, 1.165) is 19.3 Å². The summed E-state index contributed by atoms with van der Waals surface area (Å²) in [6.07, 6.45) is 3.04. The van der Waals surface area contributed by atoms with Crippen LogP contribution in [0, 0.1) is 0 Å². The lowest BCUT2D eigenvalue weighted by Crippen LogP contribution is -2.26. The van der Waals surface area contributed by atoms with Crippen LogP contribution < -0.4 is 5.32 Å². The number of rotatable bonds is 7. The fourth-order valence-electron chi connectivity index (χ4n) is 1.75. The number of nitrogens with one attached hydrogen (secondary N) is 1. The van der Waals surface area contributed by atoms with Crippen LogP contribution in [0.3, 0.4) is 0 Å². The third-order valence-corrected chi connectivity index (χ3v) is 4.70. The molecular weight excluding hydrogens is 262 g/mol. The predicted octanol–water partition coefficient (Wildman–Crippen LogP) is 2.40. The van der Waals surface area contributed by atoms with Crippen molar-refractivity contribution in [2.24, 2.45) is 0 Å². The highest BCUT2D eigenvalue weighted by Gasteiger charge is 2.19. The maximum atomic E-state index is 12.0. The van der Waals surface area contributed by atoms with Crippen molar-refractivity contribution in [3.8, 4) is 0 Å². The van der Waals surface area contributed by atoms with E-state index in [1.54, 1.807) is 25.1 Å². The molecule has 106 valence electrons. The molecule has 0 spiro atoms. The van der Waals surface area contributed by atoms with E-state index in [9.17, 15) is 13.2 Å². The molecule has 0 fully saturated rings. The third kappa shape index (κ3) is 4.35. The summed E-state index contributed by atoms with van der Waals surface area (Å²) in [6, 6.07) is 6.35. The second-order valence-electron chi connectivity index (χ2n) is 4.36. The number of unbranched alkanes of at least 4 members (excludes halogenated alkanes) is 2. The van der Waals surface area contributed by atoms with Gasteiger partial charge in [0.2, 0.25) is 0 Å². The van der Waals surface area contributed by atoms with Crippen molar-refractivity contribution in [3.63, 3.8) is 0 Å². The lowest BCUT2D eigenvalue weighted by molar-refractivity contribution is 0.0949. The highest BCUT2D eigenvalue weighted by Crippen LogP contribution is 2.16. The van der Waals surface area contributed by atoms with Gasteiger partial charge in [0, 0.05) is 6.54 Å². The molecule has 0 saturated carbocycles. The van der Waals surface area contributed by atoms with Gasteiger partial charge in [-0.05, 0) is 18.6 Å². The van der Waals surface area contributed by atoms with Gasteiger partial charge >= 0.3 is 0 Å². The monoisotopic (exact) mass is 283 g/mol. The summed E-state index contributed by atoms with van der Waals surface area (Å²) in [5.74, 6) is -0.323. The van der Waals surface area contributed by atoms with Crippen molar-refractivity contribution >= 4 is 15.7 Å². The van der Waals surface area contributed by atoms with Crippen molar-refractivity contribution in [1.29, 1.82) is 0 Å². The van der Waals surface area contributed by atoms with Gasteiger partial charge in [-0.15, -0.1) is 0 Å². The highest BCUT2D eigenvalue weighted by molar-refractivity contribution is 7.91. The Bertz CT molecular complexity index is 523. The Morgan fingerprint density at radius 1 is 1.16 bits per heavy atom. The van der Waals surface area contributed by atoms with Gasteiger partial charge < -0.3 is 5.32 Å². The van der Waals surface area contributed by atoms with Crippen LogP contribution in [0.2, 0.25) is 0 Å². The van der Waals surface area contributed by atoms with Gasteiger partial charge in [-0.3, -0.25) is 4.79 Å². The van der Waals surface area contributed by atoms with Crippen LogP contribution in [0.25, 0.3) is 0 Å². The molecule has 1 aromatic rings. The van der Waals surface area contributed by atoms with Crippen molar-refractivity contribution in [1.82, 2.24) is 5.32 Å². The first-order valence-corrected chi connectivity index (χ1v) is 8.28. The minimum Gasteiger partial charge on any atom is -0.352 e. The van der Waals surface area contributed by atoms with E-state index in [2.05, 4.69) is 12.2 Å². The molecule has 0 heterocycles. The molecule has 0 saturated heterocycles. The number of carbonyl (C=O) groups is 1. The summed E-state index contributed by atoms with van der Waals surface area (Å²) in [5, 5.41) is 2.77. The fourth-order valence-corrected chi connectivity index (χ4v) is 2.85. The summed E-state index contributed by atoms with van der Waals surface area (Å²) < 4.78 is 23.8. The first kappa shape index (κ1) is 15.7. The maximum Gasteiger partial charge on any atom is 0.252 e. The maximum absolute atomic E-state index is 12.0. The van der Waals surface area contributed by atoms with Crippen LogP contribution in [0.4, 0.5) is 0 Å². The summed E-state index contributed by atoms with van der Waals surface area (Å²) in [4.78, 5) is 12.1. The molecule has 19 heavy (non-hydrogen) atoms. The number of benzene rings is 1. The Balaban J connectivity index is 2.86. The molecule has 1 rings (SSSR count). The zero-order chi connectivity index (χ0) is 14.3. The van der Waals surface area contributed by atoms with E-state index in [0.29, 0.717) is 6.54 Å². The van der Waals surface area contributed by atoms with Gasteiger partial charge in [-0.1, -0.05) is 38.8 Å². The molecule has 0 atom stereocenters. The van der Waals surface area contributed by atoms with E-state index in [-0.39, 0.29) is 22.1 Å². The molecule has 1 amide bonds. The zero-order valence-corrected chi connectivity index (χ0v) is 12.3. The van der Waals surface area contributed by atoms with E-state index < -0.39 is 9.84 Å². The molecule has 0 aliphatic heterocycles. The molecule has 0 unspecified atom stereocenters. The van der Waals surface area contributed by atoms with E-state index >= 15 is 0 Å².